The highest BCUT2D eigenvalue weighted by molar-refractivity contribution is 6.67. The molecule has 0 fully saturated rings. The summed E-state index contributed by atoms with van der Waals surface area (Å²) in [6.45, 7) is 0. The number of methoxy groups -OCH3 is 2. The van der Waals surface area contributed by atoms with E-state index >= 15 is 0 Å². The lowest BCUT2D eigenvalue weighted by molar-refractivity contribution is 0.108. The number of pyridine rings is 1. The molecule has 2 aromatic carbocycles. The Labute approximate surface area is 157 Å². The lowest BCUT2D eigenvalue weighted by atomic mass is 9.84. The molecule has 1 heterocycles. The van der Waals surface area contributed by atoms with E-state index in [0.717, 1.165) is 28.2 Å². The fraction of sp³-hybridized carbons (Fsp3) is 0.143. The first-order valence-corrected chi connectivity index (χ1v) is 8.43. The van der Waals surface area contributed by atoms with Crippen LogP contribution in [0.2, 0.25) is 0 Å². The zero-order valence-electron chi connectivity index (χ0n) is 14.5. The van der Waals surface area contributed by atoms with Gasteiger partial charge in [0.2, 0.25) is 0 Å². The molecule has 0 saturated carbocycles. The smallest absolute Gasteiger partial charge is 0.252 e. The molecule has 5 heteroatoms. The highest BCUT2D eigenvalue weighted by Gasteiger charge is 2.22. The number of benzene rings is 2. The van der Waals surface area contributed by atoms with Gasteiger partial charge >= 0.3 is 0 Å². The maximum Gasteiger partial charge on any atom is 0.252 e. The third kappa shape index (κ3) is 3.70. The molecule has 1 aromatic heterocycles. The monoisotopic (exact) mass is 367 g/mol. The maximum absolute atomic E-state index is 11.9. The van der Waals surface area contributed by atoms with Crippen LogP contribution in [0, 0.1) is 0 Å². The summed E-state index contributed by atoms with van der Waals surface area (Å²) in [6.07, 6.45) is 3.26. The molecule has 3 aromatic rings. The molecule has 0 aliphatic carbocycles. The number of ether oxygens (including phenoxy) is 2. The largest absolute Gasteiger partial charge is 0.497 e. The number of hydrogen-bond acceptors (Lipinski definition) is 4. The molecule has 0 amide bonds. The average molecular weight is 368 g/mol. The van der Waals surface area contributed by atoms with Gasteiger partial charge in [-0.3, -0.25) is 9.78 Å². The molecule has 132 valence electrons. The highest BCUT2D eigenvalue weighted by Crippen LogP contribution is 2.35. The minimum absolute atomic E-state index is 0.196. The predicted molar refractivity (Wildman–Crippen MR) is 101 cm³/mol. The number of carbonyl (C=O) groups excluding carboxylic acids is 1. The van der Waals surface area contributed by atoms with E-state index in [0.29, 0.717) is 5.56 Å². The van der Waals surface area contributed by atoms with Crippen LogP contribution in [0.3, 0.4) is 0 Å². The van der Waals surface area contributed by atoms with E-state index in [-0.39, 0.29) is 5.92 Å². The molecule has 0 spiro atoms. The van der Waals surface area contributed by atoms with Crippen LogP contribution < -0.4 is 9.47 Å². The van der Waals surface area contributed by atoms with Crippen LogP contribution >= 0.6 is 11.6 Å². The summed E-state index contributed by atoms with van der Waals surface area (Å²) >= 11 is 5.82. The first-order valence-electron chi connectivity index (χ1n) is 8.05. The van der Waals surface area contributed by atoms with Gasteiger partial charge in [0.25, 0.3) is 5.24 Å². The Kier molecular flexibility index (Phi) is 5.54. The second-order valence-electron chi connectivity index (χ2n) is 5.72. The molecule has 3 rings (SSSR count). The molecular formula is C21H18ClNO3. The van der Waals surface area contributed by atoms with Gasteiger partial charge < -0.3 is 9.47 Å². The number of aromatic nitrogens is 1. The zero-order valence-corrected chi connectivity index (χ0v) is 15.2. The molecule has 0 atom stereocenters. The van der Waals surface area contributed by atoms with Crippen LogP contribution in [-0.2, 0) is 0 Å². The molecule has 0 radical (unpaired) electrons. The standard InChI is InChI=1S/C21H18ClNO3/c1-25-16-7-3-14(4-8-16)20(15-5-9-17(26-2)10-6-15)19-13-23-12-11-18(19)21(22)24/h3-13,20H,1-2H3. The van der Waals surface area contributed by atoms with Crippen molar-refractivity contribution in [3.63, 3.8) is 0 Å². The molecule has 4 nitrogen and oxygen atoms in total. The van der Waals surface area contributed by atoms with Crippen molar-refractivity contribution in [1.29, 1.82) is 0 Å². The van der Waals surface area contributed by atoms with Crippen molar-refractivity contribution >= 4 is 16.8 Å². The Hall–Kier alpha value is -2.85. The second-order valence-corrected chi connectivity index (χ2v) is 6.06. The van der Waals surface area contributed by atoms with Gasteiger partial charge in [-0.25, -0.2) is 0 Å². The van der Waals surface area contributed by atoms with Crippen molar-refractivity contribution in [3.8, 4) is 11.5 Å². The first kappa shape index (κ1) is 18.0. The molecule has 0 unspecified atom stereocenters. The Morgan fingerprint density at radius 1 is 0.885 bits per heavy atom. The van der Waals surface area contributed by atoms with Gasteiger partial charge in [0.15, 0.2) is 0 Å². The van der Waals surface area contributed by atoms with Crippen molar-refractivity contribution in [2.75, 3.05) is 14.2 Å². The zero-order chi connectivity index (χ0) is 18.5. The van der Waals surface area contributed by atoms with E-state index in [1.807, 2.05) is 48.5 Å². The third-order valence-electron chi connectivity index (χ3n) is 4.27. The Morgan fingerprint density at radius 2 is 1.38 bits per heavy atom. The van der Waals surface area contributed by atoms with Crippen molar-refractivity contribution in [1.82, 2.24) is 4.98 Å². The van der Waals surface area contributed by atoms with E-state index in [4.69, 9.17) is 21.1 Å². The molecule has 0 N–H and O–H groups in total. The van der Waals surface area contributed by atoms with Gasteiger partial charge in [0.1, 0.15) is 11.5 Å². The minimum atomic E-state index is -0.505. The van der Waals surface area contributed by atoms with Crippen molar-refractivity contribution < 1.29 is 14.3 Å². The van der Waals surface area contributed by atoms with Gasteiger partial charge in [-0.05, 0) is 58.6 Å². The van der Waals surface area contributed by atoms with Crippen LogP contribution in [0.15, 0.2) is 67.0 Å². The molecule has 0 aliphatic rings. The van der Waals surface area contributed by atoms with Gasteiger partial charge in [-0.15, -0.1) is 0 Å². The summed E-state index contributed by atoms with van der Waals surface area (Å²) in [4.78, 5) is 16.1. The van der Waals surface area contributed by atoms with Gasteiger partial charge in [-0.2, -0.15) is 0 Å². The van der Waals surface area contributed by atoms with Gasteiger partial charge in [-0.1, -0.05) is 24.3 Å². The summed E-state index contributed by atoms with van der Waals surface area (Å²) in [6, 6.07) is 17.1. The number of rotatable bonds is 6. The first-order chi connectivity index (χ1) is 12.6. The SMILES string of the molecule is COc1ccc(C(c2ccc(OC)cc2)c2cnccc2C(=O)Cl)cc1. The van der Waals surface area contributed by atoms with E-state index < -0.39 is 5.24 Å². The Morgan fingerprint density at radius 3 is 1.81 bits per heavy atom. The van der Waals surface area contributed by atoms with Crippen molar-refractivity contribution in [2.45, 2.75) is 5.92 Å². The van der Waals surface area contributed by atoms with Crippen LogP contribution in [-0.4, -0.2) is 24.4 Å². The molecular weight excluding hydrogens is 350 g/mol. The molecule has 0 bridgehead atoms. The fourth-order valence-corrected chi connectivity index (χ4v) is 3.13. The summed E-state index contributed by atoms with van der Waals surface area (Å²) in [5.74, 6) is 1.34. The lowest BCUT2D eigenvalue weighted by Gasteiger charge is -2.21. The maximum atomic E-state index is 11.9. The van der Waals surface area contributed by atoms with Crippen LogP contribution in [0.25, 0.3) is 0 Å². The number of halogens is 1. The molecule has 0 saturated heterocycles. The van der Waals surface area contributed by atoms with Crippen LogP contribution in [0.5, 0.6) is 11.5 Å². The second kappa shape index (κ2) is 8.02. The summed E-state index contributed by atoms with van der Waals surface area (Å²) in [5.41, 5.74) is 3.20. The lowest BCUT2D eigenvalue weighted by Crippen LogP contribution is -2.09. The minimum Gasteiger partial charge on any atom is -0.497 e. The average Bonchev–Trinajstić information content (AvgIpc) is 2.69. The number of hydrogen-bond donors (Lipinski definition) is 0. The van der Waals surface area contributed by atoms with Crippen LogP contribution in [0.1, 0.15) is 33.0 Å². The van der Waals surface area contributed by atoms with E-state index in [9.17, 15) is 4.79 Å². The fourth-order valence-electron chi connectivity index (χ4n) is 2.96. The molecule has 26 heavy (non-hydrogen) atoms. The van der Waals surface area contributed by atoms with Gasteiger partial charge in [0, 0.05) is 23.9 Å². The van der Waals surface area contributed by atoms with Crippen molar-refractivity contribution in [2.24, 2.45) is 0 Å². The Balaban J connectivity index is 2.16. The van der Waals surface area contributed by atoms with E-state index in [2.05, 4.69) is 4.98 Å². The number of carbonyl (C=O) groups is 1. The van der Waals surface area contributed by atoms with Crippen molar-refractivity contribution in [3.05, 3.63) is 89.2 Å². The summed E-state index contributed by atoms with van der Waals surface area (Å²) in [7, 11) is 3.25. The normalized spacial score (nSPS) is 10.6. The third-order valence-corrected chi connectivity index (χ3v) is 4.48. The Bertz CT molecular complexity index is 844. The van der Waals surface area contributed by atoms with E-state index in [1.54, 1.807) is 32.7 Å². The predicted octanol–water partition coefficient (Wildman–Crippen LogP) is 4.66. The van der Waals surface area contributed by atoms with E-state index in [1.165, 1.54) is 0 Å². The topological polar surface area (TPSA) is 48.4 Å². The quantitative estimate of drug-likeness (QED) is 0.594. The number of nitrogens with zero attached hydrogens (tertiary/aromatic N) is 1. The van der Waals surface area contributed by atoms with Gasteiger partial charge in [0.05, 0.1) is 14.2 Å². The summed E-state index contributed by atoms with van der Waals surface area (Å²) < 4.78 is 10.5. The highest BCUT2D eigenvalue weighted by atomic mass is 35.5. The van der Waals surface area contributed by atoms with Crippen LogP contribution in [0.4, 0.5) is 0 Å². The summed E-state index contributed by atoms with van der Waals surface area (Å²) in [5, 5.41) is -0.505. The molecule has 0 aliphatic heterocycles.